The van der Waals surface area contributed by atoms with Crippen LogP contribution in [0, 0.1) is 0 Å². The summed E-state index contributed by atoms with van der Waals surface area (Å²) in [6.07, 6.45) is 1.73. The number of hydrogen-bond acceptors (Lipinski definition) is 3. The minimum absolute atomic E-state index is 0.00124. The fourth-order valence-electron chi connectivity index (χ4n) is 2.67. The molecule has 0 bridgehead atoms. The van der Waals surface area contributed by atoms with Crippen molar-refractivity contribution in [2.75, 3.05) is 17.2 Å². The van der Waals surface area contributed by atoms with Gasteiger partial charge in [-0.1, -0.05) is 18.2 Å². The molecule has 1 atom stereocenters. The molecule has 2 N–H and O–H groups in total. The Morgan fingerprint density at radius 1 is 1.23 bits per heavy atom. The van der Waals surface area contributed by atoms with Gasteiger partial charge in [-0.15, -0.1) is 0 Å². The van der Waals surface area contributed by atoms with Gasteiger partial charge in [0.2, 0.25) is 5.91 Å². The third kappa shape index (κ3) is 3.22. The molecule has 4 heteroatoms. The van der Waals surface area contributed by atoms with E-state index in [-0.39, 0.29) is 11.9 Å². The number of para-hydroxylation sites is 1. The van der Waals surface area contributed by atoms with E-state index < -0.39 is 0 Å². The number of hydrogen-bond donors (Lipinski definition) is 2. The van der Waals surface area contributed by atoms with Crippen LogP contribution < -0.4 is 15.4 Å². The maximum Gasteiger partial charge on any atom is 0.246 e. The van der Waals surface area contributed by atoms with Crippen LogP contribution in [0.3, 0.4) is 0 Å². The number of rotatable bonds is 4. The molecule has 0 aliphatic carbocycles. The Morgan fingerprint density at radius 3 is 2.77 bits per heavy atom. The van der Waals surface area contributed by atoms with Gasteiger partial charge in [-0.2, -0.15) is 0 Å². The summed E-state index contributed by atoms with van der Waals surface area (Å²) in [5.74, 6) is 0.809. The van der Waals surface area contributed by atoms with Crippen molar-refractivity contribution < 1.29 is 9.53 Å². The highest BCUT2D eigenvalue weighted by molar-refractivity contribution is 5.97. The highest BCUT2D eigenvalue weighted by atomic mass is 16.5. The van der Waals surface area contributed by atoms with Gasteiger partial charge in [-0.3, -0.25) is 4.79 Å². The molecule has 1 amide bonds. The number of fused-ring (bicyclic) bond motifs is 1. The Bertz CT molecular complexity index is 652. The molecule has 0 spiro atoms. The van der Waals surface area contributed by atoms with E-state index in [0.717, 1.165) is 30.0 Å². The molecular formula is C18H20N2O2. The molecule has 2 aromatic rings. The van der Waals surface area contributed by atoms with E-state index in [2.05, 4.69) is 16.7 Å². The Hall–Kier alpha value is -2.49. The van der Waals surface area contributed by atoms with Crippen LogP contribution in [0.25, 0.3) is 0 Å². The lowest BCUT2D eigenvalue weighted by atomic mass is 9.97. The summed E-state index contributed by atoms with van der Waals surface area (Å²) in [5, 5.41) is 6.27. The fourth-order valence-corrected chi connectivity index (χ4v) is 2.67. The van der Waals surface area contributed by atoms with E-state index in [1.54, 1.807) is 0 Å². The number of amides is 1. The molecule has 1 heterocycles. The molecule has 0 radical (unpaired) electrons. The summed E-state index contributed by atoms with van der Waals surface area (Å²) < 4.78 is 5.40. The van der Waals surface area contributed by atoms with Crippen LogP contribution in [0.1, 0.15) is 18.9 Å². The van der Waals surface area contributed by atoms with Gasteiger partial charge in [0.05, 0.1) is 6.61 Å². The first-order valence-electron chi connectivity index (χ1n) is 7.64. The summed E-state index contributed by atoms with van der Waals surface area (Å²) in [7, 11) is 0. The van der Waals surface area contributed by atoms with Crippen molar-refractivity contribution in [1.29, 1.82) is 0 Å². The van der Waals surface area contributed by atoms with Crippen LogP contribution in [0.15, 0.2) is 48.5 Å². The van der Waals surface area contributed by atoms with Crippen molar-refractivity contribution in [3.05, 3.63) is 54.1 Å². The second-order valence-corrected chi connectivity index (χ2v) is 5.34. The number of nitrogens with one attached hydrogen (secondary N) is 2. The van der Waals surface area contributed by atoms with E-state index in [1.165, 1.54) is 5.56 Å². The molecule has 0 saturated heterocycles. The zero-order valence-corrected chi connectivity index (χ0v) is 12.6. The van der Waals surface area contributed by atoms with Crippen molar-refractivity contribution >= 4 is 17.3 Å². The molecule has 1 aliphatic rings. The molecule has 1 unspecified atom stereocenters. The van der Waals surface area contributed by atoms with E-state index in [1.807, 2.05) is 49.4 Å². The average Bonchev–Trinajstić information content (AvgIpc) is 2.56. The lowest BCUT2D eigenvalue weighted by Gasteiger charge is -2.26. The molecule has 1 aliphatic heterocycles. The second kappa shape index (κ2) is 6.52. The fraction of sp³-hybridized carbons (Fsp3) is 0.278. The summed E-state index contributed by atoms with van der Waals surface area (Å²) in [6.45, 7) is 2.58. The molecular weight excluding hydrogens is 276 g/mol. The summed E-state index contributed by atoms with van der Waals surface area (Å²) in [6, 6.07) is 15.4. The Morgan fingerprint density at radius 2 is 2.00 bits per heavy atom. The zero-order chi connectivity index (χ0) is 15.4. The van der Waals surface area contributed by atoms with Gasteiger partial charge in [0.25, 0.3) is 0 Å². The molecule has 2 aromatic carbocycles. The normalized spacial score (nSPS) is 16.3. The summed E-state index contributed by atoms with van der Waals surface area (Å²) in [4.78, 5) is 12.4. The van der Waals surface area contributed by atoms with Crippen molar-refractivity contribution in [1.82, 2.24) is 0 Å². The van der Waals surface area contributed by atoms with Gasteiger partial charge >= 0.3 is 0 Å². The highest BCUT2D eigenvalue weighted by Crippen LogP contribution is 2.25. The monoisotopic (exact) mass is 296 g/mol. The minimum Gasteiger partial charge on any atom is -0.494 e. The number of benzene rings is 2. The summed E-state index contributed by atoms with van der Waals surface area (Å²) in [5.41, 5.74) is 3.11. The maximum atomic E-state index is 12.4. The number of aryl methyl sites for hydroxylation is 1. The first kappa shape index (κ1) is 14.4. The molecule has 4 nitrogen and oxygen atoms in total. The predicted molar refractivity (Wildman–Crippen MR) is 88.4 cm³/mol. The standard InChI is InChI=1S/C18H20N2O2/c1-2-22-15-10-8-14(9-11-15)19-18(21)17-12-7-13-5-3-4-6-16(13)20-17/h3-6,8-11,17,20H,2,7,12H2,1H3,(H,19,21). The minimum atomic E-state index is -0.193. The Labute approximate surface area is 130 Å². The lowest BCUT2D eigenvalue weighted by molar-refractivity contribution is -0.117. The molecule has 0 aromatic heterocycles. The average molecular weight is 296 g/mol. The first-order chi connectivity index (χ1) is 10.8. The van der Waals surface area contributed by atoms with Crippen LogP contribution >= 0.6 is 0 Å². The third-order valence-electron chi connectivity index (χ3n) is 3.80. The Kier molecular flexibility index (Phi) is 4.28. The third-order valence-corrected chi connectivity index (χ3v) is 3.80. The molecule has 22 heavy (non-hydrogen) atoms. The highest BCUT2D eigenvalue weighted by Gasteiger charge is 2.23. The first-order valence-corrected chi connectivity index (χ1v) is 7.64. The maximum absolute atomic E-state index is 12.4. The van der Waals surface area contributed by atoms with Gasteiger partial charge in [0.1, 0.15) is 11.8 Å². The number of anilines is 2. The van der Waals surface area contributed by atoms with Crippen molar-refractivity contribution in [3.8, 4) is 5.75 Å². The molecule has 3 rings (SSSR count). The van der Waals surface area contributed by atoms with Crippen LogP contribution in [-0.2, 0) is 11.2 Å². The number of carbonyl (C=O) groups excluding carboxylic acids is 1. The topological polar surface area (TPSA) is 50.4 Å². The largest absolute Gasteiger partial charge is 0.494 e. The molecule has 0 fully saturated rings. The van der Waals surface area contributed by atoms with E-state index in [0.29, 0.717) is 6.61 Å². The lowest BCUT2D eigenvalue weighted by Crippen LogP contribution is -2.37. The Balaban J connectivity index is 1.63. The predicted octanol–water partition coefficient (Wildman–Crippen LogP) is 3.45. The van der Waals surface area contributed by atoms with E-state index >= 15 is 0 Å². The van der Waals surface area contributed by atoms with Gasteiger partial charge < -0.3 is 15.4 Å². The smallest absolute Gasteiger partial charge is 0.246 e. The van der Waals surface area contributed by atoms with E-state index in [9.17, 15) is 4.79 Å². The van der Waals surface area contributed by atoms with Gasteiger partial charge in [0, 0.05) is 11.4 Å². The van der Waals surface area contributed by atoms with Gasteiger partial charge in [-0.05, 0) is 55.7 Å². The van der Waals surface area contributed by atoms with Crippen LogP contribution in [0.2, 0.25) is 0 Å². The quantitative estimate of drug-likeness (QED) is 0.908. The second-order valence-electron chi connectivity index (χ2n) is 5.34. The number of carbonyl (C=O) groups is 1. The summed E-state index contributed by atoms with van der Waals surface area (Å²) >= 11 is 0. The molecule has 0 saturated carbocycles. The van der Waals surface area contributed by atoms with Crippen molar-refractivity contribution in [2.24, 2.45) is 0 Å². The van der Waals surface area contributed by atoms with Crippen molar-refractivity contribution in [3.63, 3.8) is 0 Å². The van der Waals surface area contributed by atoms with Crippen molar-refractivity contribution in [2.45, 2.75) is 25.8 Å². The zero-order valence-electron chi connectivity index (χ0n) is 12.6. The van der Waals surface area contributed by atoms with Gasteiger partial charge in [0.15, 0.2) is 0 Å². The van der Waals surface area contributed by atoms with Crippen LogP contribution in [-0.4, -0.2) is 18.6 Å². The number of ether oxygens (including phenoxy) is 1. The molecule has 114 valence electrons. The van der Waals surface area contributed by atoms with Crippen LogP contribution in [0.4, 0.5) is 11.4 Å². The SMILES string of the molecule is CCOc1ccc(NC(=O)C2CCc3ccccc3N2)cc1. The van der Waals surface area contributed by atoms with E-state index in [4.69, 9.17) is 4.74 Å². The van der Waals surface area contributed by atoms with Gasteiger partial charge in [-0.25, -0.2) is 0 Å². The van der Waals surface area contributed by atoms with Crippen LogP contribution in [0.5, 0.6) is 5.75 Å².